The molecule has 0 saturated carbocycles. The molecule has 2 N–H and O–H groups in total. The summed E-state index contributed by atoms with van der Waals surface area (Å²) < 4.78 is 11.3. The number of hydrogen-bond donors (Lipinski definition) is 1. The van der Waals surface area contributed by atoms with Crippen LogP contribution in [0.4, 0.5) is 0 Å². The molecule has 0 spiro atoms. The van der Waals surface area contributed by atoms with E-state index in [9.17, 15) is 0 Å². The first-order valence-electron chi connectivity index (χ1n) is 6.63. The molecule has 0 amide bonds. The molecule has 2 aromatic rings. The topological polar surface area (TPSA) is 57.4 Å². The van der Waals surface area contributed by atoms with Gasteiger partial charge in [0.1, 0.15) is 22.6 Å². The quantitative estimate of drug-likeness (QED) is 0.944. The second-order valence-corrected chi connectivity index (χ2v) is 6.03. The summed E-state index contributed by atoms with van der Waals surface area (Å²) in [6, 6.07) is 3.75. The summed E-state index contributed by atoms with van der Waals surface area (Å²) >= 11 is 1.57. The van der Waals surface area contributed by atoms with Crippen LogP contribution in [0.15, 0.2) is 17.5 Å². The summed E-state index contributed by atoms with van der Waals surface area (Å²) in [6.45, 7) is 4.04. The third-order valence-electron chi connectivity index (χ3n) is 3.49. The number of methoxy groups -OCH3 is 1. The van der Waals surface area contributed by atoms with Crippen molar-refractivity contribution in [1.82, 2.24) is 4.98 Å². The molecule has 20 heavy (non-hydrogen) atoms. The van der Waals surface area contributed by atoms with E-state index < -0.39 is 0 Å². The van der Waals surface area contributed by atoms with Gasteiger partial charge in [0.05, 0.1) is 13.2 Å². The van der Waals surface area contributed by atoms with Gasteiger partial charge in [0.2, 0.25) is 0 Å². The molecule has 1 aromatic heterocycles. The molecular formula is C15H18N2O2S. The van der Waals surface area contributed by atoms with Gasteiger partial charge in [0.15, 0.2) is 0 Å². The zero-order valence-corrected chi connectivity index (χ0v) is 12.7. The first kappa shape index (κ1) is 13.4. The van der Waals surface area contributed by atoms with E-state index in [1.807, 2.05) is 24.4 Å². The van der Waals surface area contributed by atoms with E-state index >= 15 is 0 Å². The highest BCUT2D eigenvalue weighted by molar-refractivity contribution is 7.09. The van der Waals surface area contributed by atoms with Gasteiger partial charge in [-0.1, -0.05) is 0 Å². The first-order valence-corrected chi connectivity index (χ1v) is 7.51. The van der Waals surface area contributed by atoms with Gasteiger partial charge in [-0.25, -0.2) is 4.98 Å². The van der Waals surface area contributed by atoms with Crippen LogP contribution in [0.2, 0.25) is 0 Å². The molecule has 1 aliphatic heterocycles. The van der Waals surface area contributed by atoms with E-state index in [4.69, 9.17) is 15.2 Å². The van der Waals surface area contributed by atoms with E-state index in [-0.39, 0.29) is 12.1 Å². The number of nitrogens with zero attached hydrogens (tertiary/aromatic N) is 1. The highest BCUT2D eigenvalue weighted by Gasteiger charge is 2.25. The van der Waals surface area contributed by atoms with Crippen molar-refractivity contribution in [2.45, 2.75) is 32.4 Å². The van der Waals surface area contributed by atoms with Gasteiger partial charge in [0.25, 0.3) is 0 Å². The molecule has 4 nitrogen and oxygen atoms in total. The summed E-state index contributed by atoms with van der Waals surface area (Å²) in [4.78, 5) is 4.47. The maximum absolute atomic E-state index is 6.35. The third kappa shape index (κ3) is 2.27. The smallest absolute Gasteiger partial charge is 0.124 e. The second kappa shape index (κ2) is 5.07. The van der Waals surface area contributed by atoms with Gasteiger partial charge in [-0.3, -0.25) is 0 Å². The van der Waals surface area contributed by atoms with Gasteiger partial charge in [-0.15, -0.1) is 11.3 Å². The van der Waals surface area contributed by atoms with E-state index in [1.54, 1.807) is 18.4 Å². The lowest BCUT2D eigenvalue weighted by atomic mass is 10.0. The predicted octanol–water partition coefficient (Wildman–Crippen LogP) is 2.83. The largest absolute Gasteiger partial charge is 0.496 e. The summed E-state index contributed by atoms with van der Waals surface area (Å²) in [7, 11) is 1.67. The van der Waals surface area contributed by atoms with Crippen LogP contribution in [0.25, 0.3) is 0 Å². The van der Waals surface area contributed by atoms with Gasteiger partial charge >= 0.3 is 0 Å². The molecule has 2 atom stereocenters. The minimum absolute atomic E-state index is 0.211. The number of benzene rings is 1. The van der Waals surface area contributed by atoms with Crippen LogP contribution < -0.4 is 15.2 Å². The van der Waals surface area contributed by atoms with Crippen molar-refractivity contribution in [2.75, 3.05) is 7.11 Å². The zero-order chi connectivity index (χ0) is 14.3. The Bertz CT molecular complexity index is 639. The molecule has 0 fully saturated rings. The Labute approximate surface area is 122 Å². The molecule has 3 rings (SSSR count). The average molecular weight is 290 g/mol. The normalized spacial score (nSPS) is 18.5. The molecule has 0 saturated heterocycles. The summed E-state index contributed by atoms with van der Waals surface area (Å²) in [6.07, 6.45) is 1.13. The van der Waals surface area contributed by atoms with Gasteiger partial charge in [0, 0.05) is 28.6 Å². The van der Waals surface area contributed by atoms with Crippen LogP contribution >= 0.6 is 11.3 Å². The SMILES string of the molecule is COc1cc2c(cc1C(N)c1nc(C)cs1)OC(C)C2. The fraction of sp³-hybridized carbons (Fsp3) is 0.400. The predicted molar refractivity (Wildman–Crippen MR) is 79.7 cm³/mol. The summed E-state index contributed by atoms with van der Waals surface area (Å²) in [5.41, 5.74) is 9.45. The van der Waals surface area contributed by atoms with Crippen LogP contribution in [-0.2, 0) is 6.42 Å². The van der Waals surface area contributed by atoms with Crippen molar-refractivity contribution in [3.8, 4) is 11.5 Å². The molecule has 0 radical (unpaired) electrons. The zero-order valence-electron chi connectivity index (χ0n) is 11.8. The van der Waals surface area contributed by atoms with Crippen molar-refractivity contribution >= 4 is 11.3 Å². The molecule has 106 valence electrons. The fourth-order valence-electron chi connectivity index (χ4n) is 2.52. The molecule has 0 bridgehead atoms. The third-order valence-corrected chi connectivity index (χ3v) is 4.53. The van der Waals surface area contributed by atoms with Crippen molar-refractivity contribution in [1.29, 1.82) is 0 Å². The molecule has 5 heteroatoms. The minimum atomic E-state index is -0.284. The lowest BCUT2D eigenvalue weighted by Crippen LogP contribution is -2.13. The standard InChI is InChI=1S/C15H18N2O2S/c1-8-7-20-15(17-8)14(16)11-6-12-10(4-9(2)19-12)5-13(11)18-3/h5-7,9,14H,4,16H2,1-3H3. The number of thiazole rings is 1. The monoisotopic (exact) mass is 290 g/mol. The Kier molecular flexibility index (Phi) is 3.40. The van der Waals surface area contributed by atoms with Crippen molar-refractivity contribution in [2.24, 2.45) is 5.73 Å². The van der Waals surface area contributed by atoms with Gasteiger partial charge < -0.3 is 15.2 Å². The number of ether oxygens (including phenoxy) is 2. The van der Waals surface area contributed by atoms with Crippen molar-refractivity contribution in [3.05, 3.63) is 39.3 Å². The average Bonchev–Trinajstić information content (AvgIpc) is 3.00. The van der Waals surface area contributed by atoms with Crippen LogP contribution in [0.1, 0.15) is 34.8 Å². The minimum Gasteiger partial charge on any atom is -0.496 e. The molecule has 2 heterocycles. The van der Waals surface area contributed by atoms with Gasteiger partial charge in [-0.05, 0) is 26.0 Å². The highest BCUT2D eigenvalue weighted by Crippen LogP contribution is 2.38. The first-order chi connectivity index (χ1) is 9.58. The van der Waals surface area contributed by atoms with E-state index in [0.717, 1.165) is 34.2 Å². The second-order valence-electron chi connectivity index (χ2n) is 5.14. The molecule has 0 aliphatic carbocycles. The number of rotatable bonds is 3. The number of fused-ring (bicyclic) bond motifs is 1. The van der Waals surface area contributed by atoms with Crippen LogP contribution in [-0.4, -0.2) is 18.2 Å². The maximum atomic E-state index is 6.35. The van der Waals surface area contributed by atoms with Crippen LogP contribution in [0, 0.1) is 6.92 Å². The molecular weight excluding hydrogens is 272 g/mol. The highest BCUT2D eigenvalue weighted by atomic mass is 32.1. The summed E-state index contributed by atoms with van der Waals surface area (Å²) in [5, 5.41) is 2.90. The van der Waals surface area contributed by atoms with Crippen LogP contribution in [0.5, 0.6) is 11.5 Å². The van der Waals surface area contributed by atoms with Crippen molar-refractivity contribution in [3.63, 3.8) is 0 Å². The Hall–Kier alpha value is -1.59. The lowest BCUT2D eigenvalue weighted by molar-refractivity contribution is 0.254. The lowest BCUT2D eigenvalue weighted by Gasteiger charge is -2.15. The van der Waals surface area contributed by atoms with Crippen molar-refractivity contribution < 1.29 is 9.47 Å². The maximum Gasteiger partial charge on any atom is 0.124 e. The van der Waals surface area contributed by atoms with E-state index in [1.165, 1.54) is 5.56 Å². The number of aryl methyl sites for hydroxylation is 1. The molecule has 2 unspecified atom stereocenters. The number of aromatic nitrogens is 1. The van der Waals surface area contributed by atoms with Crippen LogP contribution in [0.3, 0.4) is 0 Å². The number of hydrogen-bond acceptors (Lipinski definition) is 5. The molecule has 1 aromatic carbocycles. The van der Waals surface area contributed by atoms with E-state index in [0.29, 0.717) is 0 Å². The Balaban J connectivity index is 2.02. The van der Waals surface area contributed by atoms with Gasteiger partial charge in [-0.2, -0.15) is 0 Å². The Morgan fingerprint density at radius 3 is 2.95 bits per heavy atom. The molecule has 1 aliphatic rings. The van der Waals surface area contributed by atoms with E-state index in [2.05, 4.69) is 11.9 Å². The Morgan fingerprint density at radius 1 is 1.50 bits per heavy atom. The number of nitrogens with two attached hydrogens (primary N) is 1. The Morgan fingerprint density at radius 2 is 2.30 bits per heavy atom. The fourth-order valence-corrected chi connectivity index (χ4v) is 3.34. The summed E-state index contributed by atoms with van der Waals surface area (Å²) in [5.74, 6) is 1.72.